The average Bonchev–Trinajstić information content (AvgIpc) is 2.73. The molecule has 116 valence electrons. The number of amides is 1. The Labute approximate surface area is 137 Å². The number of aromatic hydroxyl groups is 1. The SMILES string of the molecule is CCCCN1C(=O)/C(=C\c2ccc(O)c([N+](=O)[O-])c2)SC1=S. The molecule has 0 aromatic heterocycles. The lowest BCUT2D eigenvalue weighted by molar-refractivity contribution is -0.385. The van der Waals surface area contributed by atoms with E-state index in [0.717, 1.165) is 12.8 Å². The van der Waals surface area contributed by atoms with Crippen molar-refractivity contribution >= 4 is 46.0 Å². The number of rotatable bonds is 5. The maximum absolute atomic E-state index is 12.3. The van der Waals surface area contributed by atoms with Crippen molar-refractivity contribution in [2.45, 2.75) is 19.8 Å². The van der Waals surface area contributed by atoms with Gasteiger partial charge in [-0.05, 0) is 24.1 Å². The van der Waals surface area contributed by atoms with E-state index in [-0.39, 0.29) is 5.91 Å². The Morgan fingerprint density at radius 1 is 1.50 bits per heavy atom. The van der Waals surface area contributed by atoms with Crippen molar-refractivity contribution in [1.82, 2.24) is 4.90 Å². The second-order valence-corrected chi connectivity index (χ2v) is 6.37. The van der Waals surface area contributed by atoms with E-state index in [1.54, 1.807) is 11.0 Å². The van der Waals surface area contributed by atoms with Gasteiger partial charge >= 0.3 is 5.69 Å². The highest BCUT2D eigenvalue weighted by atomic mass is 32.2. The molecule has 6 nitrogen and oxygen atoms in total. The van der Waals surface area contributed by atoms with Crippen molar-refractivity contribution in [3.05, 3.63) is 38.8 Å². The van der Waals surface area contributed by atoms with Gasteiger partial charge in [-0.25, -0.2) is 0 Å². The molecule has 0 unspecified atom stereocenters. The first-order valence-electron chi connectivity index (χ1n) is 6.66. The molecule has 0 spiro atoms. The number of hydrogen-bond acceptors (Lipinski definition) is 6. The van der Waals surface area contributed by atoms with Gasteiger partial charge in [0.15, 0.2) is 5.75 Å². The monoisotopic (exact) mass is 338 g/mol. The molecule has 1 aliphatic heterocycles. The number of thioether (sulfide) groups is 1. The van der Waals surface area contributed by atoms with Crippen molar-refractivity contribution in [2.75, 3.05) is 6.54 Å². The van der Waals surface area contributed by atoms with Gasteiger partial charge in [0.1, 0.15) is 4.32 Å². The minimum atomic E-state index is -0.668. The largest absolute Gasteiger partial charge is 0.502 e. The number of carbonyl (C=O) groups excluding carboxylic acids is 1. The molecule has 0 aliphatic carbocycles. The van der Waals surface area contributed by atoms with Crippen LogP contribution in [0.1, 0.15) is 25.3 Å². The molecule has 1 heterocycles. The Balaban J connectivity index is 2.27. The first kappa shape index (κ1) is 16.4. The highest BCUT2D eigenvalue weighted by molar-refractivity contribution is 8.26. The number of phenolic OH excluding ortho intramolecular Hbond substituents is 1. The molecule has 1 amide bonds. The zero-order chi connectivity index (χ0) is 16.3. The molecule has 1 aliphatic rings. The van der Waals surface area contributed by atoms with E-state index in [0.29, 0.717) is 21.3 Å². The number of nitrogens with zero attached hydrogens (tertiary/aromatic N) is 2. The molecule has 0 atom stereocenters. The average molecular weight is 338 g/mol. The van der Waals surface area contributed by atoms with E-state index in [1.165, 1.54) is 30.0 Å². The van der Waals surface area contributed by atoms with Crippen molar-refractivity contribution in [1.29, 1.82) is 0 Å². The summed E-state index contributed by atoms with van der Waals surface area (Å²) in [6, 6.07) is 3.98. The second kappa shape index (κ2) is 6.89. The molecule has 8 heteroatoms. The third kappa shape index (κ3) is 3.45. The molecule has 1 N–H and O–H groups in total. The van der Waals surface area contributed by atoms with Crippen LogP contribution in [0.25, 0.3) is 6.08 Å². The number of nitro benzene ring substituents is 1. The number of thiocarbonyl (C=S) groups is 1. The van der Waals surface area contributed by atoms with E-state index in [2.05, 4.69) is 0 Å². The fraction of sp³-hybridized carbons (Fsp3) is 0.286. The van der Waals surface area contributed by atoms with Crippen molar-refractivity contribution in [3.63, 3.8) is 0 Å². The first-order chi connectivity index (χ1) is 10.4. The van der Waals surface area contributed by atoms with Gasteiger partial charge in [-0.15, -0.1) is 0 Å². The lowest BCUT2D eigenvalue weighted by Crippen LogP contribution is -2.28. The molecule has 2 rings (SSSR count). The van der Waals surface area contributed by atoms with Crippen LogP contribution in [0.15, 0.2) is 23.1 Å². The molecule has 1 fully saturated rings. The van der Waals surface area contributed by atoms with Gasteiger partial charge in [0.25, 0.3) is 5.91 Å². The van der Waals surface area contributed by atoms with Crippen molar-refractivity contribution in [3.8, 4) is 5.75 Å². The molecule has 22 heavy (non-hydrogen) atoms. The lowest BCUT2D eigenvalue weighted by atomic mass is 10.1. The van der Waals surface area contributed by atoms with E-state index in [4.69, 9.17) is 12.2 Å². The summed E-state index contributed by atoms with van der Waals surface area (Å²) in [6.07, 6.45) is 3.38. The Morgan fingerprint density at radius 3 is 2.86 bits per heavy atom. The highest BCUT2D eigenvalue weighted by Gasteiger charge is 2.31. The molecule has 1 aromatic rings. The summed E-state index contributed by atoms with van der Waals surface area (Å²) >= 11 is 6.37. The van der Waals surface area contributed by atoms with Crippen LogP contribution in [0.3, 0.4) is 0 Å². The van der Waals surface area contributed by atoms with Gasteiger partial charge in [0.2, 0.25) is 0 Å². The van der Waals surface area contributed by atoms with Crippen LogP contribution in [-0.2, 0) is 4.79 Å². The van der Waals surface area contributed by atoms with Crippen LogP contribution in [0.2, 0.25) is 0 Å². The van der Waals surface area contributed by atoms with Gasteiger partial charge in [0, 0.05) is 12.6 Å². The predicted molar refractivity (Wildman–Crippen MR) is 89.5 cm³/mol. The van der Waals surface area contributed by atoms with Crippen molar-refractivity contribution < 1.29 is 14.8 Å². The Hall–Kier alpha value is -1.93. The number of hydrogen-bond donors (Lipinski definition) is 1. The van der Waals surface area contributed by atoms with Crippen molar-refractivity contribution in [2.24, 2.45) is 0 Å². The Kier molecular flexibility index (Phi) is 5.15. The smallest absolute Gasteiger partial charge is 0.311 e. The maximum Gasteiger partial charge on any atom is 0.311 e. The van der Waals surface area contributed by atoms with Gasteiger partial charge in [-0.3, -0.25) is 19.8 Å². The normalized spacial score (nSPS) is 16.6. The highest BCUT2D eigenvalue weighted by Crippen LogP contribution is 2.34. The summed E-state index contributed by atoms with van der Waals surface area (Å²) in [6.45, 7) is 2.61. The van der Waals surface area contributed by atoms with Crippen LogP contribution in [0, 0.1) is 10.1 Å². The first-order valence-corrected chi connectivity index (χ1v) is 7.89. The van der Waals surface area contributed by atoms with E-state index in [1.807, 2.05) is 6.92 Å². The minimum absolute atomic E-state index is 0.181. The third-order valence-corrected chi connectivity index (χ3v) is 4.48. The number of unbranched alkanes of at least 4 members (excludes halogenated alkanes) is 1. The van der Waals surface area contributed by atoms with Crippen LogP contribution in [0.5, 0.6) is 5.75 Å². The van der Waals surface area contributed by atoms with Crippen LogP contribution in [-0.4, -0.2) is 31.7 Å². The van der Waals surface area contributed by atoms with E-state index < -0.39 is 16.4 Å². The zero-order valence-electron chi connectivity index (χ0n) is 11.8. The lowest BCUT2D eigenvalue weighted by Gasteiger charge is -2.12. The summed E-state index contributed by atoms with van der Waals surface area (Å²) in [7, 11) is 0. The van der Waals surface area contributed by atoms with Crippen LogP contribution < -0.4 is 0 Å². The topological polar surface area (TPSA) is 83.7 Å². The molecular formula is C14H14N2O4S2. The molecule has 0 radical (unpaired) electrons. The number of carbonyl (C=O) groups is 1. The quantitative estimate of drug-likeness (QED) is 0.384. The standard InChI is InChI=1S/C14H14N2O4S2/c1-2-3-6-15-13(18)12(22-14(15)21)8-9-4-5-11(17)10(7-9)16(19)20/h4-5,7-8,17H,2-3,6H2,1H3/b12-8+. The summed E-state index contributed by atoms with van der Waals surface area (Å²) in [5.74, 6) is -0.586. The number of phenols is 1. The summed E-state index contributed by atoms with van der Waals surface area (Å²) in [4.78, 5) is 24.4. The molecule has 0 bridgehead atoms. The van der Waals surface area contributed by atoms with E-state index in [9.17, 15) is 20.0 Å². The summed E-state index contributed by atoms with van der Waals surface area (Å²) in [5.41, 5.74) is 0.0794. The second-order valence-electron chi connectivity index (χ2n) is 4.69. The fourth-order valence-electron chi connectivity index (χ4n) is 1.94. The zero-order valence-corrected chi connectivity index (χ0v) is 13.4. The Bertz CT molecular complexity index is 673. The van der Waals surface area contributed by atoms with Gasteiger partial charge in [-0.2, -0.15) is 0 Å². The predicted octanol–water partition coefficient (Wildman–Crippen LogP) is 3.30. The van der Waals surface area contributed by atoms with Crippen LogP contribution >= 0.6 is 24.0 Å². The van der Waals surface area contributed by atoms with Gasteiger partial charge in [-0.1, -0.05) is 43.4 Å². The van der Waals surface area contributed by atoms with Gasteiger partial charge < -0.3 is 5.11 Å². The van der Waals surface area contributed by atoms with Crippen LogP contribution in [0.4, 0.5) is 5.69 Å². The third-order valence-electron chi connectivity index (χ3n) is 3.10. The summed E-state index contributed by atoms with van der Waals surface area (Å²) < 4.78 is 0.498. The van der Waals surface area contributed by atoms with Gasteiger partial charge in [0.05, 0.1) is 9.83 Å². The Morgan fingerprint density at radius 2 is 2.23 bits per heavy atom. The number of benzene rings is 1. The molecule has 0 saturated carbocycles. The maximum atomic E-state index is 12.3. The summed E-state index contributed by atoms with van der Waals surface area (Å²) in [5, 5.41) is 20.3. The molecule has 1 saturated heterocycles. The molecule has 1 aromatic carbocycles. The minimum Gasteiger partial charge on any atom is -0.502 e. The number of nitro groups is 1. The van der Waals surface area contributed by atoms with E-state index >= 15 is 0 Å². The fourth-order valence-corrected chi connectivity index (χ4v) is 3.25. The molecular weight excluding hydrogens is 324 g/mol.